The fourth-order valence-corrected chi connectivity index (χ4v) is 4.09. The molecule has 212 valence electrons. The largest absolute Gasteiger partial charge is 0.510 e. The van der Waals surface area contributed by atoms with Crippen LogP contribution in [0.3, 0.4) is 0 Å². The number of carbonyl (C=O) groups excluding carboxylic acids is 1. The molecule has 0 aromatic carbocycles. The maximum Gasteiger partial charge on any atom is 0.510 e. The van der Waals surface area contributed by atoms with Crippen molar-refractivity contribution in [2.45, 2.75) is 88.0 Å². The summed E-state index contributed by atoms with van der Waals surface area (Å²) < 4.78 is 175. The van der Waals surface area contributed by atoms with E-state index >= 15 is 0 Å². The maximum absolute atomic E-state index is 13.8. The zero-order valence-electron chi connectivity index (χ0n) is 18.5. The summed E-state index contributed by atoms with van der Waals surface area (Å²) in [6, 6.07) is 0. The Morgan fingerprint density at radius 1 is 0.583 bits per heavy atom. The number of ether oxygens (including phenoxy) is 3. The molecule has 1 N–H and O–H groups in total. The van der Waals surface area contributed by atoms with Gasteiger partial charge in [0.15, 0.2) is 0 Å². The van der Waals surface area contributed by atoms with Crippen LogP contribution in [0.1, 0.15) is 46.5 Å². The highest BCUT2D eigenvalue weighted by atomic mass is 19.4. The van der Waals surface area contributed by atoms with Crippen molar-refractivity contribution < 1.29 is 81.6 Å². The van der Waals surface area contributed by atoms with Gasteiger partial charge in [-0.3, -0.25) is 0 Å². The van der Waals surface area contributed by atoms with Crippen LogP contribution in [-0.4, -0.2) is 58.9 Å². The molecule has 36 heavy (non-hydrogen) atoms. The molecule has 0 atom stereocenters. The van der Waals surface area contributed by atoms with Crippen LogP contribution in [0.15, 0.2) is 0 Å². The molecule has 6 nitrogen and oxygen atoms in total. The van der Waals surface area contributed by atoms with Gasteiger partial charge in [-0.25, -0.2) is 9.59 Å². The standard InChI is InChI=1S/C18H20F12O6/c1-12(2,3)35-11(33)36-14(17(25,26)27,18(28,29)30)9-6-4-8(5-7-9)13(15(19,20)21,16(22,23)24)34-10(31)32/h8-9H,4-7H2,1-3H3,(H,31,32). The van der Waals surface area contributed by atoms with E-state index in [-0.39, 0.29) is 0 Å². The molecule has 0 radical (unpaired) electrons. The van der Waals surface area contributed by atoms with Gasteiger partial charge in [-0.15, -0.1) is 0 Å². The fourth-order valence-electron chi connectivity index (χ4n) is 4.09. The van der Waals surface area contributed by atoms with E-state index in [0.29, 0.717) is 0 Å². The lowest BCUT2D eigenvalue weighted by Gasteiger charge is -2.47. The van der Waals surface area contributed by atoms with E-state index < -0.39 is 91.3 Å². The predicted molar refractivity (Wildman–Crippen MR) is 91.6 cm³/mol. The Balaban J connectivity index is 3.53. The highest BCUT2D eigenvalue weighted by Gasteiger charge is 2.80. The second kappa shape index (κ2) is 9.54. The first-order valence-electron chi connectivity index (χ1n) is 9.83. The van der Waals surface area contributed by atoms with Crippen LogP contribution in [0, 0.1) is 11.8 Å². The molecule has 0 unspecified atom stereocenters. The van der Waals surface area contributed by atoms with E-state index in [0.717, 1.165) is 20.8 Å². The minimum atomic E-state index is -6.47. The topological polar surface area (TPSA) is 82.1 Å². The van der Waals surface area contributed by atoms with Gasteiger partial charge in [0.05, 0.1) is 0 Å². The van der Waals surface area contributed by atoms with E-state index in [4.69, 9.17) is 5.11 Å². The number of carbonyl (C=O) groups is 2. The zero-order valence-corrected chi connectivity index (χ0v) is 18.5. The molecule has 0 aromatic rings. The van der Waals surface area contributed by atoms with Crippen molar-refractivity contribution in [3.63, 3.8) is 0 Å². The Bertz CT molecular complexity index is 770. The maximum atomic E-state index is 13.8. The SMILES string of the molecule is CC(C)(C)OC(=O)OC(C1CCC(C(OC(=O)O)(C(F)(F)F)C(F)(F)F)CC1)(C(F)(F)F)C(F)(F)F. The number of rotatable bonds is 4. The second-order valence-electron chi connectivity index (χ2n) is 8.95. The monoisotopic (exact) mass is 560 g/mol. The summed E-state index contributed by atoms with van der Waals surface area (Å²) in [4.78, 5) is 22.5. The number of hydrogen-bond acceptors (Lipinski definition) is 5. The van der Waals surface area contributed by atoms with E-state index in [2.05, 4.69) is 14.2 Å². The molecular formula is C18H20F12O6. The number of carboxylic acid groups (broad SMARTS) is 1. The number of halogens is 12. The van der Waals surface area contributed by atoms with Gasteiger partial charge in [0, 0.05) is 11.8 Å². The molecule has 0 heterocycles. The van der Waals surface area contributed by atoms with Crippen molar-refractivity contribution in [3.8, 4) is 0 Å². The minimum Gasteiger partial charge on any atom is -0.450 e. The predicted octanol–water partition coefficient (Wildman–Crippen LogP) is 7.17. The van der Waals surface area contributed by atoms with Crippen LogP contribution in [0.4, 0.5) is 62.3 Å². The Morgan fingerprint density at radius 3 is 1.08 bits per heavy atom. The molecule has 18 heteroatoms. The van der Waals surface area contributed by atoms with E-state index in [9.17, 15) is 62.3 Å². The normalized spacial score (nSPS) is 21.1. The summed E-state index contributed by atoms with van der Waals surface area (Å²) in [5, 5.41) is 8.50. The van der Waals surface area contributed by atoms with Crippen LogP contribution >= 0.6 is 0 Å². The van der Waals surface area contributed by atoms with Gasteiger partial charge in [0.1, 0.15) is 5.60 Å². The van der Waals surface area contributed by atoms with Crippen molar-refractivity contribution in [2.75, 3.05) is 0 Å². The smallest absolute Gasteiger partial charge is 0.450 e. The van der Waals surface area contributed by atoms with Crippen LogP contribution in [0.25, 0.3) is 0 Å². The third-order valence-electron chi connectivity index (χ3n) is 5.44. The first-order valence-corrected chi connectivity index (χ1v) is 9.83. The van der Waals surface area contributed by atoms with Crippen LogP contribution < -0.4 is 0 Å². The molecule has 1 saturated carbocycles. The molecular weight excluding hydrogens is 540 g/mol. The molecule has 0 aliphatic heterocycles. The van der Waals surface area contributed by atoms with Gasteiger partial charge in [-0.05, 0) is 46.5 Å². The van der Waals surface area contributed by atoms with Crippen molar-refractivity contribution >= 4 is 12.3 Å². The molecule has 0 aromatic heterocycles. The molecule has 0 spiro atoms. The summed E-state index contributed by atoms with van der Waals surface area (Å²) >= 11 is 0. The number of hydrogen-bond donors (Lipinski definition) is 1. The lowest BCUT2D eigenvalue weighted by molar-refractivity contribution is -0.398. The molecule has 1 fully saturated rings. The summed E-state index contributed by atoms with van der Waals surface area (Å²) in [7, 11) is 0. The first kappa shape index (κ1) is 31.7. The van der Waals surface area contributed by atoms with E-state index in [1.807, 2.05) is 0 Å². The Kier molecular flexibility index (Phi) is 8.41. The Labute approximate surface area is 194 Å². The Morgan fingerprint density at radius 2 is 0.861 bits per heavy atom. The van der Waals surface area contributed by atoms with Crippen molar-refractivity contribution in [3.05, 3.63) is 0 Å². The van der Waals surface area contributed by atoms with Gasteiger partial charge in [-0.1, -0.05) is 0 Å². The Hall–Kier alpha value is -2.30. The summed E-state index contributed by atoms with van der Waals surface area (Å²) in [5.41, 5.74) is -12.4. The van der Waals surface area contributed by atoms with E-state index in [1.165, 1.54) is 0 Å². The molecule has 0 amide bonds. The van der Waals surface area contributed by atoms with Crippen LogP contribution in [0.2, 0.25) is 0 Å². The second-order valence-corrected chi connectivity index (χ2v) is 8.95. The van der Waals surface area contributed by atoms with Gasteiger partial charge in [0.25, 0.3) is 0 Å². The van der Waals surface area contributed by atoms with Crippen molar-refractivity contribution in [2.24, 2.45) is 11.8 Å². The zero-order chi connectivity index (χ0) is 28.8. The summed E-state index contributed by atoms with van der Waals surface area (Å²) in [6.07, 6.45) is -37.8. The van der Waals surface area contributed by atoms with Crippen LogP contribution in [-0.2, 0) is 14.2 Å². The van der Waals surface area contributed by atoms with Gasteiger partial charge >= 0.3 is 48.2 Å². The first-order chi connectivity index (χ1) is 15.7. The minimum absolute atomic E-state index is 1.07. The van der Waals surface area contributed by atoms with Gasteiger partial charge in [-0.2, -0.15) is 52.7 Å². The quantitative estimate of drug-likeness (QED) is 0.290. The van der Waals surface area contributed by atoms with Crippen LogP contribution in [0.5, 0.6) is 0 Å². The average Bonchev–Trinajstić information content (AvgIpc) is 2.58. The third-order valence-corrected chi connectivity index (χ3v) is 5.44. The van der Waals surface area contributed by atoms with Crippen molar-refractivity contribution in [1.82, 2.24) is 0 Å². The third kappa shape index (κ3) is 5.98. The number of alkyl halides is 12. The average molecular weight is 560 g/mol. The molecule has 1 aliphatic carbocycles. The van der Waals surface area contributed by atoms with Gasteiger partial charge < -0.3 is 19.3 Å². The lowest BCUT2D eigenvalue weighted by atomic mass is 9.67. The molecule has 1 rings (SSSR count). The van der Waals surface area contributed by atoms with E-state index in [1.54, 1.807) is 0 Å². The molecule has 1 aliphatic rings. The molecule has 0 bridgehead atoms. The van der Waals surface area contributed by atoms with Gasteiger partial charge in [0.2, 0.25) is 0 Å². The lowest BCUT2D eigenvalue weighted by Crippen LogP contribution is -2.67. The summed E-state index contributed by atoms with van der Waals surface area (Å²) in [6.45, 7) is 3.20. The summed E-state index contributed by atoms with van der Waals surface area (Å²) in [5.74, 6) is -5.84. The van der Waals surface area contributed by atoms with Crippen molar-refractivity contribution in [1.29, 1.82) is 0 Å². The fraction of sp³-hybridized carbons (Fsp3) is 0.889. The molecule has 0 saturated heterocycles. The highest BCUT2D eigenvalue weighted by Crippen LogP contribution is 2.59. The highest BCUT2D eigenvalue weighted by molar-refractivity contribution is 5.61.